The zero-order chi connectivity index (χ0) is 16.9. The molecule has 2 heterocycles. The Balaban J connectivity index is 1.27. The van der Waals surface area contributed by atoms with Crippen LogP contribution in [0, 0.1) is 11.3 Å². The Morgan fingerprint density at radius 3 is 2.44 bits per heavy atom. The average molecular weight is 338 g/mol. The molecule has 3 nitrogen and oxygen atoms in total. The predicted octanol–water partition coefficient (Wildman–Crippen LogP) is 3.27. The highest BCUT2D eigenvalue weighted by Gasteiger charge is 2.50. The molecule has 5 rings (SSSR count). The number of hydrogen-bond donors (Lipinski definition) is 0. The average Bonchev–Trinajstić information content (AvgIpc) is 3.19. The van der Waals surface area contributed by atoms with Gasteiger partial charge in [0, 0.05) is 25.7 Å². The van der Waals surface area contributed by atoms with Crippen molar-refractivity contribution in [2.45, 2.75) is 57.4 Å². The van der Waals surface area contributed by atoms with Crippen LogP contribution in [0.2, 0.25) is 0 Å². The molecule has 1 unspecified atom stereocenters. The topological polar surface area (TPSA) is 23.6 Å². The summed E-state index contributed by atoms with van der Waals surface area (Å²) in [5.41, 5.74) is 2.99. The van der Waals surface area contributed by atoms with E-state index in [4.69, 9.17) is 0 Å². The van der Waals surface area contributed by atoms with E-state index in [0.29, 0.717) is 11.9 Å². The van der Waals surface area contributed by atoms with E-state index in [0.717, 1.165) is 44.9 Å². The molecule has 3 heteroatoms. The smallest absolute Gasteiger partial charge is 0.230 e. The van der Waals surface area contributed by atoms with E-state index in [2.05, 4.69) is 34.1 Å². The van der Waals surface area contributed by atoms with Crippen molar-refractivity contribution in [1.29, 1.82) is 0 Å². The Kier molecular flexibility index (Phi) is 3.89. The van der Waals surface area contributed by atoms with E-state index in [1.54, 1.807) is 0 Å². The predicted molar refractivity (Wildman–Crippen MR) is 99.4 cm³/mol. The third kappa shape index (κ3) is 2.71. The molecule has 1 spiro atoms. The quantitative estimate of drug-likeness (QED) is 0.844. The lowest BCUT2D eigenvalue weighted by molar-refractivity contribution is -0.147. The molecule has 3 fully saturated rings. The first-order valence-corrected chi connectivity index (χ1v) is 10.3. The SMILES string of the molecule is O=C1N(CC2CCC2)CCCC12CCN(C1Cc3ccccc3C1)C2. The highest BCUT2D eigenvalue weighted by molar-refractivity contribution is 5.84. The number of hydrogen-bond acceptors (Lipinski definition) is 2. The summed E-state index contributed by atoms with van der Waals surface area (Å²) in [5, 5.41) is 0. The largest absolute Gasteiger partial charge is 0.342 e. The van der Waals surface area contributed by atoms with Gasteiger partial charge in [0.25, 0.3) is 0 Å². The Morgan fingerprint density at radius 1 is 1.00 bits per heavy atom. The number of nitrogens with zero attached hydrogens (tertiary/aromatic N) is 2. The number of benzene rings is 1. The first-order chi connectivity index (χ1) is 12.2. The number of carbonyl (C=O) groups is 1. The van der Waals surface area contributed by atoms with Crippen LogP contribution in [-0.4, -0.2) is 47.9 Å². The van der Waals surface area contributed by atoms with Gasteiger partial charge in [-0.3, -0.25) is 9.69 Å². The number of amides is 1. The van der Waals surface area contributed by atoms with Crippen LogP contribution in [0.25, 0.3) is 0 Å². The molecule has 134 valence electrons. The van der Waals surface area contributed by atoms with Gasteiger partial charge in [-0.05, 0) is 68.5 Å². The molecule has 1 aromatic rings. The molecule has 4 aliphatic rings. The monoisotopic (exact) mass is 338 g/mol. The van der Waals surface area contributed by atoms with Crippen LogP contribution in [0.4, 0.5) is 0 Å². The summed E-state index contributed by atoms with van der Waals surface area (Å²) in [6, 6.07) is 9.51. The standard InChI is InChI=1S/C22H30N2O/c25-21-22(9-4-11-23(21)15-17-5-3-6-17)10-12-24(16-22)20-13-18-7-1-2-8-19(18)14-20/h1-2,7-8,17,20H,3-6,9-16H2. The van der Waals surface area contributed by atoms with Gasteiger partial charge in [0.15, 0.2) is 0 Å². The molecule has 0 radical (unpaired) electrons. The first kappa shape index (κ1) is 15.9. The summed E-state index contributed by atoms with van der Waals surface area (Å²) >= 11 is 0. The van der Waals surface area contributed by atoms with E-state index < -0.39 is 0 Å². The van der Waals surface area contributed by atoms with E-state index >= 15 is 0 Å². The summed E-state index contributed by atoms with van der Waals surface area (Å²) in [5.74, 6) is 1.28. The Bertz CT molecular complexity index is 643. The molecule has 1 amide bonds. The zero-order valence-corrected chi connectivity index (χ0v) is 15.3. The van der Waals surface area contributed by atoms with Crippen LogP contribution in [-0.2, 0) is 17.6 Å². The minimum Gasteiger partial charge on any atom is -0.342 e. The van der Waals surface area contributed by atoms with Crippen molar-refractivity contribution in [3.63, 3.8) is 0 Å². The summed E-state index contributed by atoms with van der Waals surface area (Å²) in [6.45, 7) is 4.16. The highest BCUT2D eigenvalue weighted by Crippen LogP contribution is 2.43. The van der Waals surface area contributed by atoms with E-state index in [-0.39, 0.29) is 5.41 Å². The molecule has 25 heavy (non-hydrogen) atoms. The molecule has 0 aromatic heterocycles. The van der Waals surface area contributed by atoms with E-state index in [9.17, 15) is 4.79 Å². The third-order valence-electron chi connectivity index (χ3n) is 7.46. The molecular weight excluding hydrogens is 308 g/mol. The zero-order valence-electron chi connectivity index (χ0n) is 15.3. The van der Waals surface area contributed by atoms with Gasteiger partial charge in [0.05, 0.1) is 5.41 Å². The normalized spacial score (nSPS) is 30.9. The highest BCUT2D eigenvalue weighted by atomic mass is 16.2. The van der Waals surface area contributed by atoms with Crippen LogP contribution < -0.4 is 0 Å². The molecule has 1 aromatic carbocycles. The van der Waals surface area contributed by atoms with Gasteiger partial charge in [-0.25, -0.2) is 0 Å². The number of fused-ring (bicyclic) bond motifs is 1. The Hall–Kier alpha value is -1.35. The second kappa shape index (κ2) is 6.12. The lowest BCUT2D eigenvalue weighted by Crippen LogP contribution is -2.52. The molecule has 2 aliphatic carbocycles. The molecule has 1 atom stereocenters. The minimum atomic E-state index is -0.0588. The van der Waals surface area contributed by atoms with Crippen molar-refractivity contribution >= 4 is 5.91 Å². The maximum atomic E-state index is 13.3. The second-order valence-electron chi connectivity index (χ2n) is 8.98. The lowest BCUT2D eigenvalue weighted by atomic mass is 9.77. The van der Waals surface area contributed by atoms with Gasteiger partial charge in [0.1, 0.15) is 0 Å². The Labute approximate surface area is 151 Å². The first-order valence-electron chi connectivity index (χ1n) is 10.3. The van der Waals surface area contributed by atoms with Crippen molar-refractivity contribution in [2.75, 3.05) is 26.2 Å². The van der Waals surface area contributed by atoms with Gasteiger partial charge in [0.2, 0.25) is 5.91 Å². The van der Waals surface area contributed by atoms with E-state index in [1.165, 1.54) is 49.7 Å². The van der Waals surface area contributed by atoms with Gasteiger partial charge in [-0.2, -0.15) is 0 Å². The van der Waals surface area contributed by atoms with Crippen LogP contribution in [0.1, 0.15) is 49.7 Å². The molecule has 0 bridgehead atoms. The van der Waals surface area contributed by atoms with Crippen molar-refractivity contribution < 1.29 is 4.79 Å². The van der Waals surface area contributed by atoms with Crippen molar-refractivity contribution in [1.82, 2.24) is 9.80 Å². The third-order valence-corrected chi connectivity index (χ3v) is 7.46. The summed E-state index contributed by atoms with van der Waals surface area (Å²) in [7, 11) is 0. The van der Waals surface area contributed by atoms with Gasteiger partial charge in [-0.1, -0.05) is 30.7 Å². The van der Waals surface area contributed by atoms with Crippen LogP contribution in [0.5, 0.6) is 0 Å². The number of piperidine rings is 1. The van der Waals surface area contributed by atoms with E-state index in [1.807, 2.05) is 0 Å². The lowest BCUT2D eigenvalue weighted by Gasteiger charge is -2.42. The Morgan fingerprint density at radius 2 is 1.76 bits per heavy atom. The molecule has 2 saturated heterocycles. The van der Waals surface area contributed by atoms with Crippen LogP contribution in [0.15, 0.2) is 24.3 Å². The summed E-state index contributed by atoms with van der Waals surface area (Å²) in [6.07, 6.45) is 9.79. The van der Waals surface area contributed by atoms with Crippen molar-refractivity contribution in [2.24, 2.45) is 11.3 Å². The van der Waals surface area contributed by atoms with Gasteiger partial charge < -0.3 is 4.90 Å². The molecule has 2 aliphatic heterocycles. The number of likely N-dealkylation sites (tertiary alicyclic amines) is 2. The van der Waals surface area contributed by atoms with Gasteiger partial charge in [-0.15, -0.1) is 0 Å². The second-order valence-corrected chi connectivity index (χ2v) is 8.98. The van der Waals surface area contributed by atoms with Crippen LogP contribution >= 0.6 is 0 Å². The van der Waals surface area contributed by atoms with Crippen molar-refractivity contribution in [3.05, 3.63) is 35.4 Å². The molecule has 1 saturated carbocycles. The fraction of sp³-hybridized carbons (Fsp3) is 0.682. The fourth-order valence-corrected chi connectivity index (χ4v) is 5.70. The number of rotatable bonds is 3. The number of carbonyl (C=O) groups excluding carboxylic acids is 1. The van der Waals surface area contributed by atoms with Crippen LogP contribution in [0.3, 0.4) is 0 Å². The fourth-order valence-electron chi connectivity index (χ4n) is 5.70. The maximum absolute atomic E-state index is 13.3. The molecule has 0 N–H and O–H groups in total. The minimum absolute atomic E-state index is 0.0588. The summed E-state index contributed by atoms with van der Waals surface area (Å²) < 4.78 is 0. The maximum Gasteiger partial charge on any atom is 0.230 e. The van der Waals surface area contributed by atoms with Crippen molar-refractivity contribution in [3.8, 4) is 0 Å². The van der Waals surface area contributed by atoms with Gasteiger partial charge >= 0.3 is 0 Å². The summed E-state index contributed by atoms with van der Waals surface area (Å²) in [4.78, 5) is 18.2. The molecular formula is C22H30N2O.